The van der Waals surface area contributed by atoms with E-state index in [1.165, 1.54) is 16.0 Å². The Morgan fingerprint density at radius 1 is 1.05 bits per heavy atom. The number of hydrogen-bond acceptors (Lipinski definition) is 3. The first kappa shape index (κ1) is 13.1. The topological polar surface area (TPSA) is 25.2 Å². The number of aliphatic imine (C=N–C) groups is 1. The lowest BCUT2D eigenvalue weighted by Crippen LogP contribution is -2.09. The van der Waals surface area contributed by atoms with E-state index in [-0.39, 0.29) is 0 Å². The van der Waals surface area contributed by atoms with Gasteiger partial charge in [0.2, 0.25) is 0 Å². The predicted octanol–water partition coefficient (Wildman–Crippen LogP) is 4.39. The third-order valence-electron chi connectivity index (χ3n) is 3.32. The Hall–Kier alpha value is -1.87. The van der Waals surface area contributed by atoms with Crippen LogP contribution in [0.4, 0.5) is 0 Å². The number of pyridine rings is 1. The summed E-state index contributed by atoms with van der Waals surface area (Å²) in [7, 11) is 0. The molecule has 20 heavy (non-hydrogen) atoms. The second kappa shape index (κ2) is 5.63. The minimum Gasteiger partial charge on any atom is -0.261 e. The molecule has 2 heterocycles. The first-order chi connectivity index (χ1) is 9.74. The molecule has 0 N–H and O–H groups in total. The zero-order valence-electron chi connectivity index (χ0n) is 11.6. The first-order valence-corrected chi connectivity index (χ1v) is 7.53. The van der Waals surface area contributed by atoms with Gasteiger partial charge in [-0.3, -0.25) is 9.98 Å². The zero-order chi connectivity index (χ0) is 13.9. The molecule has 1 aliphatic heterocycles. The fourth-order valence-corrected chi connectivity index (χ4v) is 3.07. The molecular formula is C17H16N2S. The lowest BCUT2D eigenvalue weighted by molar-refractivity contribution is 1.09. The number of thioether (sulfide) groups is 1. The molecule has 1 aromatic heterocycles. The number of aryl methyl sites for hydroxylation is 1. The van der Waals surface area contributed by atoms with Crippen molar-refractivity contribution in [1.82, 2.24) is 4.98 Å². The second-order valence-electron chi connectivity index (χ2n) is 4.88. The highest BCUT2D eigenvalue weighted by Crippen LogP contribution is 2.29. The van der Waals surface area contributed by atoms with Gasteiger partial charge >= 0.3 is 0 Å². The number of nitrogens with zero attached hydrogens (tertiary/aromatic N) is 2. The highest BCUT2D eigenvalue weighted by atomic mass is 32.2. The van der Waals surface area contributed by atoms with Gasteiger partial charge in [-0.1, -0.05) is 36.0 Å². The van der Waals surface area contributed by atoms with Crippen LogP contribution < -0.4 is 0 Å². The molecule has 0 unspecified atom stereocenters. The van der Waals surface area contributed by atoms with E-state index in [1.807, 2.05) is 19.2 Å². The maximum Gasteiger partial charge on any atom is 0.0550 e. The van der Waals surface area contributed by atoms with Crippen LogP contribution in [-0.4, -0.2) is 10.7 Å². The molecule has 3 heteroatoms. The zero-order valence-corrected chi connectivity index (χ0v) is 12.4. The molecular weight excluding hydrogens is 264 g/mol. The van der Waals surface area contributed by atoms with E-state index in [9.17, 15) is 0 Å². The van der Waals surface area contributed by atoms with E-state index in [2.05, 4.69) is 47.6 Å². The third kappa shape index (κ3) is 2.68. The van der Waals surface area contributed by atoms with Crippen LogP contribution in [0.15, 0.2) is 63.6 Å². The Kier molecular flexibility index (Phi) is 3.70. The molecule has 0 bridgehead atoms. The lowest BCUT2D eigenvalue weighted by atomic mass is 10.0. The Labute approximate surface area is 123 Å². The normalized spacial score (nSPS) is 14.1. The number of allylic oxidation sites excluding steroid dienone is 1. The first-order valence-electron chi connectivity index (χ1n) is 6.65. The van der Waals surface area contributed by atoms with Crippen molar-refractivity contribution in [2.45, 2.75) is 25.2 Å². The van der Waals surface area contributed by atoms with Crippen LogP contribution in [0.25, 0.3) is 0 Å². The standard InChI is InChI=1S/C17H16N2S/c1-12-6-5-9-18-15(12)10-16-14-7-3-4-8-17(14)20-11-13(2)19-16/h3-9,11H,10H2,1-2H3. The summed E-state index contributed by atoms with van der Waals surface area (Å²) < 4.78 is 0. The van der Waals surface area contributed by atoms with Crippen molar-refractivity contribution in [1.29, 1.82) is 0 Å². The molecule has 1 aromatic carbocycles. The molecule has 3 rings (SSSR count). The van der Waals surface area contributed by atoms with Crippen LogP contribution in [-0.2, 0) is 6.42 Å². The second-order valence-corrected chi connectivity index (χ2v) is 5.79. The van der Waals surface area contributed by atoms with E-state index in [1.54, 1.807) is 11.8 Å². The molecule has 0 spiro atoms. The predicted molar refractivity (Wildman–Crippen MR) is 85.3 cm³/mol. The van der Waals surface area contributed by atoms with E-state index in [0.717, 1.165) is 23.5 Å². The molecule has 2 aromatic rings. The molecule has 0 fully saturated rings. The molecule has 0 amide bonds. The van der Waals surface area contributed by atoms with Gasteiger partial charge in [-0.15, -0.1) is 0 Å². The van der Waals surface area contributed by atoms with Crippen molar-refractivity contribution in [3.05, 3.63) is 70.5 Å². The van der Waals surface area contributed by atoms with Crippen molar-refractivity contribution in [3.63, 3.8) is 0 Å². The van der Waals surface area contributed by atoms with Crippen LogP contribution >= 0.6 is 11.8 Å². The third-order valence-corrected chi connectivity index (χ3v) is 4.39. The number of fused-ring (bicyclic) bond motifs is 1. The summed E-state index contributed by atoms with van der Waals surface area (Å²) >= 11 is 1.74. The van der Waals surface area contributed by atoms with Gasteiger partial charge in [-0.05, 0) is 37.0 Å². The van der Waals surface area contributed by atoms with Crippen LogP contribution in [0.5, 0.6) is 0 Å². The molecule has 2 nitrogen and oxygen atoms in total. The number of aromatic nitrogens is 1. The number of rotatable bonds is 2. The SMILES string of the molecule is CC1=CSc2ccccc2C(Cc2ncccc2C)=N1. The Balaban J connectivity index is 2.04. The largest absolute Gasteiger partial charge is 0.261 e. The van der Waals surface area contributed by atoms with Crippen molar-refractivity contribution < 1.29 is 0 Å². The molecule has 0 radical (unpaired) electrons. The summed E-state index contributed by atoms with van der Waals surface area (Å²) in [5, 5.41) is 2.11. The quantitative estimate of drug-likeness (QED) is 0.815. The monoisotopic (exact) mass is 280 g/mol. The molecule has 0 atom stereocenters. The van der Waals surface area contributed by atoms with Crippen molar-refractivity contribution in [3.8, 4) is 0 Å². The van der Waals surface area contributed by atoms with Crippen LogP contribution in [0, 0.1) is 6.92 Å². The Morgan fingerprint density at radius 2 is 1.90 bits per heavy atom. The molecule has 0 aliphatic carbocycles. The van der Waals surface area contributed by atoms with E-state index < -0.39 is 0 Å². The van der Waals surface area contributed by atoms with E-state index in [4.69, 9.17) is 4.99 Å². The van der Waals surface area contributed by atoms with Crippen LogP contribution in [0.3, 0.4) is 0 Å². The van der Waals surface area contributed by atoms with Gasteiger partial charge in [0, 0.05) is 34.5 Å². The highest BCUT2D eigenvalue weighted by molar-refractivity contribution is 8.02. The van der Waals surface area contributed by atoms with Gasteiger partial charge in [-0.25, -0.2) is 0 Å². The summed E-state index contributed by atoms with van der Waals surface area (Å²) in [5.74, 6) is 0. The van der Waals surface area contributed by atoms with Gasteiger partial charge < -0.3 is 0 Å². The minimum atomic E-state index is 0.773. The lowest BCUT2D eigenvalue weighted by Gasteiger charge is -2.10. The number of benzene rings is 1. The number of hydrogen-bond donors (Lipinski definition) is 0. The smallest absolute Gasteiger partial charge is 0.0550 e. The minimum absolute atomic E-state index is 0.773. The molecule has 0 saturated carbocycles. The van der Waals surface area contributed by atoms with Gasteiger partial charge in [0.1, 0.15) is 0 Å². The van der Waals surface area contributed by atoms with E-state index >= 15 is 0 Å². The Bertz CT molecular complexity index is 702. The average Bonchev–Trinajstić information content (AvgIpc) is 2.62. The van der Waals surface area contributed by atoms with Crippen molar-refractivity contribution >= 4 is 17.5 Å². The van der Waals surface area contributed by atoms with Gasteiger partial charge in [0.05, 0.1) is 5.71 Å². The summed E-state index contributed by atoms with van der Waals surface area (Å²) in [6, 6.07) is 12.5. The molecule has 0 saturated heterocycles. The van der Waals surface area contributed by atoms with Crippen LogP contribution in [0.2, 0.25) is 0 Å². The Morgan fingerprint density at radius 3 is 2.75 bits per heavy atom. The van der Waals surface area contributed by atoms with E-state index in [0.29, 0.717) is 0 Å². The van der Waals surface area contributed by atoms with Gasteiger partial charge in [0.25, 0.3) is 0 Å². The summed E-state index contributed by atoms with van der Waals surface area (Å²) in [5.41, 5.74) is 5.68. The average molecular weight is 280 g/mol. The van der Waals surface area contributed by atoms with Crippen LogP contribution in [0.1, 0.15) is 23.7 Å². The van der Waals surface area contributed by atoms with Gasteiger partial charge in [0.15, 0.2) is 0 Å². The molecule has 100 valence electrons. The maximum atomic E-state index is 4.77. The maximum absolute atomic E-state index is 4.77. The van der Waals surface area contributed by atoms with Crippen molar-refractivity contribution in [2.75, 3.05) is 0 Å². The summed E-state index contributed by atoms with van der Waals surface area (Å²) in [6.07, 6.45) is 2.62. The summed E-state index contributed by atoms with van der Waals surface area (Å²) in [4.78, 5) is 10.5. The fourth-order valence-electron chi connectivity index (χ4n) is 2.25. The van der Waals surface area contributed by atoms with Crippen molar-refractivity contribution in [2.24, 2.45) is 4.99 Å². The highest BCUT2D eigenvalue weighted by Gasteiger charge is 2.14. The molecule has 1 aliphatic rings. The van der Waals surface area contributed by atoms with Gasteiger partial charge in [-0.2, -0.15) is 0 Å². The fraction of sp³-hybridized carbons (Fsp3) is 0.176. The summed E-state index contributed by atoms with van der Waals surface area (Å²) in [6.45, 7) is 4.15.